The Morgan fingerprint density at radius 2 is 1.92 bits per heavy atom. The molecule has 0 N–H and O–H groups in total. The minimum absolute atomic E-state index is 0.285. The zero-order valence-electron chi connectivity index (χ0n) is 14.4. The molecule has 0 aromatic rings. The number of carbonyl (C=O) groups is 2. The van der Waals surface area contributed by atoms with Crippen LogP contribution in [0.1, 0.15) is 45.4 Å². The van der Waals surface area contributed by atoms with E-state index in [0.717, 1.165) is 12.8 Å². The standard InChI is InChI=1S/C16H25O7P/c1-4-22-14(18)15-8-5-6-9-16(15)11(7-10-15)12(13(17)23-16)24(19,20-2)21-3/h11-12H,4-10H2,1-3H3/t11-,12-,15+,16+/m1/s1. The lowest BCUT2D eigenvalue weighted by molar-refractivity contribution is -0.188. The molecule has 0 bridgehead atoms. The fourth-order valence-electron chi connectivity index (χ4n) is 5.12. The lowest BCUT2D eigenvalue weighted by Gasteiger charge is -2.46. The van der Waals surface area contributed by atoms with Gasteiger partial charge in [0.15, 0.2) is 5.66 Å². The van der Waals surface area contributed by atoms with Gasteiger partial charge in [-0.1, -0.05) is 6.42 Å². The Kier molecular flexibility index (Phi) is 4.56. The summed E-state index contributed by atoms with van der Waals surface area (Å²) in [6.45, 7) is 2.05. The first-order valence-corrected chi connectivity index (χ1v) is 10.1. The number of rotatable bonds is 5. The summed E-state index contributed by atoms with van der Waals surface area (Å²) in [6, 6.07) is 0. The number of carbonyl (C=O) groups excluding carboxylic acids is 2. The third kappa shape index (κ3) is 2.14. The van der Waals surface area contributed by atoms with Crippen LogP contribution in [0, 0.1) is 11.3 Å². The third-order valence-corrected chi connectivity index (χ3v) is 8.38. The van der Waals surface area contributed by atoms with Crippen LogP contribution in [-0.4, -0.2) is 44.0 Å². The van der Waals surface area contributed by atoms with E-state index in [1.165, 1.54) is 14.2 Å². The van der Waals surface area contributed by atoms with E-state index < -0.39 is 30.2 Å². The molecule has 0 radical (unpaired) electrons. The van der Waals surface area contributed by atoms with Crippen molar-refractivity contribution in [2.24, 2.45) is 11.3 Å². The molecular weight excluding hydrogens is 335 g/mol. The molecule has 2 saturated carbocycles. The lowest BCUT2D eigenvalue weighted by atomic mass is 9.63. The number of esters is 2. The number of hydrogen-bond acceptors (Lipinski definition) is 7. The Hall–Kier alpha value is -0.910. The van der Waals surface area contributed by atoms with Gasteiger partial charge in [0.1, 0.15) is 11.0 Å². The van der Waals surface area contributed by atoms with Crippen molar-refractivity contribution in [1.29, 1.82) is 0 Å². The van der Waals surface area contributed by atoms with Crippen LogP contribution in [0.4, 0.5) is 0 Å². The Bertz CT molecular complexity index is 583. The molecule has 0 aromatic carbocycles. The molecular formula is C16H25O7P. The van der Waals surface area contributed by atoms with E-state index in [2.05, 4.69) is 0 Å². The first-order valence-electron chi connectivity index (χ1n) is 8.52. The first kappa shape index (κ1) is 17.9. The van der Waals surface area contributed by atoms with Crippen LogP contribution in [0.5, 0.6) is 0 Å². The molecule has 7 nitrogen and oxygen atoms in total. The highest BCUT2D eigenvalue weighted by Gasteiger charge is 2.76. The Morgan fingerprint density at radius 3 is 2.54 bits per heavy atom. The smallest absolute Gasteiger partial charge is 0.344 e. The summed E-state index contributed by atoms with van der Waals surface area (Å²) >= 11 is 0. The lowest BCUT2D eigenvalue weighted by Crippen LogP contribution is -2.55. The van der Waals surface area contributed by atoms with Gasteiger partial charge in [0.05, 0.1) is 6.61 Å². The van der Waals surface area contributed by atoms with Crippen molar-refractivity contribution in [2.45, 2.75) is 56.7 Å². The van der Waals surface area contributed by atoms with E-state index in [9.17, 15) is 14.2 Å². The molecule has 3 fully saturated rings. The SMILES string of the molecule is CCOC(=O)[C@@]12CCCC[C@@]13OC(=O)[C@H](P(=O)(OC)OC)[C@H]3CC2. The summed E-state index contributed by atoms with van der Waals surface area (Å²) in [7, 11) is -1.08. The highest BCUT2D eigenvalue weighted by atomic mass is 31.2. The maximum atomic E-state index is 12.9. The third-order valence-electron chi connectivity index (χ3n) is 6.11. The largest absolute Gasteiger partial charge is 0.465 e. The van der Waals surface area contributed by atoms with Gasteiger partial charge >= 0.3 is 19.5 Å². The quantitative estimate of drug-likeness (QED) is 0.550. The highest BCUT2D eigenvalue weighted by molar-refractivity contribution is 7.55. The van der Waals surface area contributed by atoms with Crippen molar-refractivity contribution in [3.63, 3.8) is 0 Å². The van der Waals surface area contributed by atoms with Crippen molar-refractivity contribution in [1.82, 2.24) is 0 Å². The van der Waals surface area contributed by atoms with Gasteiger partial charge in [0.2, 0.25) is 0 Å². The zero-order chi connectivity index (χ0) is 17.6. The predicted molar refractivity (Wildman–Crippen MR) is 84.5 cm³/mol. The molecule has 0 unspecified atom stereocenters. The molecule has 1 aliphatic heterocycles. The Balaban J connectivity index is 2.05. The van der Waals surface area contributed by atoms with E-state index in [-0.39, 0.29) is 18.5 Å². The van der Waals surface area contributed by atoms with Crippen molar-refractivity contribution in [2.75, 3.05) is 20.8 Å². The minimum Gasteiger partial charge on any atom is -0.465 e. The second-order valence-corrected chi connectivity index (χ2v) is 9.18. The summed E-state index contributed by atoms with van der Waals surface area (Å²) in [6.07, 6.45) is 4.13. The fourth-order valence-corrected chi connectivity index (χ4v) is 6.86. The van der Waals surface area contributed by atoms with Crippen LogP contribution in [-0.2, 0) is 32.7 Å². The van der Waals surface area contributed by atoms with Crippen LogP contribution >= 0.6 is 7.60 Å². The summed E-state index contributed by atoms with van der Waals surface area (Å²) in [4.78, 5) is 25.4. The molecule has 4 atom stereocenters. The van der Waals surface area contributed by atoms with Gasteiger partial charge in [0, 0.05) is 20.1 Å². The van der Waals surface area contributed by atoms with Gasteiger partial charge in [0.25, 0.3) is 0 Å². The normalized spacial score (nSPS) is 38.4. The molecule has 0 aromatic heterocycles. The summed E-state index contributed by atoms with van der Waals surface area (Å²) in [5.41, 5.74) is -2.74. The molecule has 1 heterocycles. The Labute approximate surface area is 141 Å². The molecule has 1 saturated heterocycles. The molecule has 24 heavy (non-hydrogen) atoms. The zero-order valence-corrected chi connectivity index (χ0v) is 15.3. The van der Waals surface area contributed by atoms with Crippen LogP contribution in [0.15, 0.2) is 0 Å². The average molecular weight is 360 g/mol. The predicted octanol–water partition coefficient (Wildman–Crippen LogP) is 2.67. The molecule has 1 spiro atoms. The molecule has 136 valence electrons. The molecule has 8 heteroatoms. The van der Waals surface area contributed by atoms with E-state index in [1.807, 2.05) is 0 Å². The fraction of sp³-hybridized carbons (Fsp3) is 0.875. The number of hydrogen-bond donors (Lipinski definition) is 0. The number of ether oxygens (including phenoxy) is 2. The van der Waals surface area contributed by atoms with Crippen LogP contribution in [0.25, 0.3) is 0 Å². The van der Waals surface area contributed by atoms with Gasteiger partial charge < -0.3 is 18.5 Å². The van der Waals surface area contributed by atoms with E-state index in [1.54, 1.807) is 6.92 Å². The van der Waals surface area contributed by atoms with E-state index >= 15 is 0 Å². The maximum absolute atomic E-state index is 12.9. The molecule has 2 aliphatic carbocycles. The minimum atomic E-state index is -3.63. The van der Waals surface area contributed by atoms with Crippen molar-refractivity contribution in [3.05, 3.63) is 0 Å². The van der Waals surface area contributed by atoms with Crippen molar-refractivity contribution >= 4 is 19.5 Å². The van der Waals surface area contributed by atoms with Gasteiger partial charge in [-0.15, -0.1) is 0 Å². The second kappa shape index (κ2) is 6.11. The molecule has 3 aliphatic rings. The molecule has 0 amide bonds. The average Bonchev–Trinajstić information content (AvgIpc) is 3.04. The van der Waals surface area contributed by atoms with Crippen LogP contribution in [0.2, 0.25) is 0 Å². The van der Waals surface area contributed by atoms with Crippen molar-refractivity contribution in [3.8, 4) is 0 Å². The van der Waals surface area contributed by atoms with Crippen LogP contribution < -0.4 is 0 Å². The van der Waals surface area contributed by atoms with E-state index in [0.29, 0.717) is 25.7 Å². The summed E-state index contributed by atoms with van der Waals surface area (Å²) in [5, 5.41) is 0. The van der Waals surface area contributed by atoms with Gasteiger partial charge in [-0.25, -0.2) is 0 Å². The van der Waals surface area contributed by atoms with Gasteiger partial charge in [-0.3, -0.25) is 14.2 Å². The van der Waals surface area contributed by atoms with Crippen molar-refractivity contribution < 1.29 is 32.7 Å². The topological polar surface area (TPSA) is 88.1 Å². The van der Waals surface area contributed by atoms with Gasteiger partial charge in [-0.2, -0.15) is 0 Å². The summed E-state index contributed by atoms with van der Waals surface area (Å²) in [5.74, 6) is -1.23. The summed E-state index contributed by atoms with van der Waals surface area (Å²) < 4.78 is 34.3. The first-order chi connectivity index (χ1) is 11.4. The maximum Gasteiger partial charge on any atom is 0.344 e. The Morgan fingerprint density at radius 1 is 1.25 bits per heavy atom. The van der Waals surface area contributed by atoms with E-state index in [4.69, 9.17) is 18.5 Å². The van der Waals surface area contributed by atoms with Gasteiger partial charge in [-0.05, 0) is 39.0 Å². The highest BCUT2D eigenvalue weighted by Crippen LogP contribution is 2.70. The molecule has 3 rings (SSSR count). The van der Waals surface area contributed by atoms with Crippen LogP contribution in [0.3, 0.4) is 0 Å². The second-order valence-electron chi connectivity index (χ2n) is 6.82. The monoisotopic (exact) mass is 360 g/mol.